The predicted molar refractivity (Wildman–Crippen MR) is 96.6 cm³/mol. The molecule has 0 unspecified atom stereocenters. The molecule has 3 rings (SSSR count). The number of imidazole rings is 1. The van der Waals surface area contributed by atoms with Gasteiger partial charge in [-0.15, -0.1) is 12.4 Å². The largest absolute Gasteiger partial charge is 0.434 e. The van der Waals surface area contributed by atoms with E-state index in [4.69, 9.17) is 17.3 Å². The second kappa shape index (κ2) is 9.82. The van der Waals surface area contributed by atoms with Crippen molar-refractivity contribution in [2.45, 2.75) is 13.0 Å². The third-order valence-electron chi connectivity index (χ3n) is 3.03. The number of hydrogen-bond donors (Lipinski definition) is 1. The predicted octanol–water partition coefficient (Wildman–Crippen LogP) is 3.45. The van der Waals surface area contributed by atoms with Gasteiger partial charge in [0.05, 0.1) is 12.1 Å². The molecule has 0 aliphatic rings. The van der Waals surface area contributed by atoms with Gasteiger partial charge in [0.2, 0.25) is 0 Å². The van der Waals surface area contributed by atoms with Gasteiger partial charge in [0, 0.05) is 16.6 Å². The van der Waals surface area contributed by atoms with E-state index in [9.17, 15) is 10.1 Å². The molecule has 0 fully saturated rings. The summed E-state index contributed by atoms with van der Waals surface area (Å²) in [5, 5.41) is 12.2. The Balaban J connectivity index is 0.000000231. The fourth-order valence-electron chi connectivity index (χ4n) is 1.95. The molecule has 1 aromatic carbocycles. The van der Waals surface area contributed by atoms with Gasteiger partial charge in [-0.3, -0.25) is 4.98 Å². The number of pyridine rings is 1. The molecule has 0 spiro atoms. The molecule has 3 aromatic rings. The minimum Gasteiger partial charge on any atom is -0.390 e. The van der Waals surface area contributed by atoms with Crippen molar-refractivity contribution < 1.29 is 4.92 Å². The summed E-state index contributed by atoms with van der Waals surface area (Å²) in [4.78, 5) is 17.6. The molecule has 2 aromatic heterocycles. The van der Waals surface area contributed by atoms with E-state index in [-0.39, 0.29) is 18.4 Å². The van der Waals surface area contributed by atoms with E-state index in [1.165, 1.54) is 10.8 Å². The third kappa shape index (κ3) is 5.45. The smallest absolute Gasteiger partial charge is 0.390 e. The van der Waals surface area contributed by atoms with Crippen molar-refractivity contribution in [2.24, 2.45) is 5.73 Å². The average molecular weight is 370 g/mol. The van der Waals surface area contributed by atoms with Crippen molar-refractivity contribution >= 4 is 40.9 Å². The zero-order chi connectivity index (χ0) is 16.7. The Bertz CT molecular complexity index is 794. The molecule has 0 saturated carbocycles. The van der Waals surface area contributed by atoms with E-state index < -0.39 is 4.92 Å². The first-order valence-corrected chi connectivity index (χ1v) is 7.35. The zero-order valence-corrected chi connectivity index (χ0v) is 14.3. The van der Waals surface area contributed by atoms with Crippen LogP contribution < -0.4 is 5.73 Å². The standard InChI is InChI=1S/C9H6ClN.C6H10N4O2.ClH/c10-8-4-3-7-2-1-5-11-9(7)6-8;7-2-1-4-9-5-3-8-6(9)10(11)12;/h1-6H;3,5H,1-2,4,7H2;1H. The highest BCUT2D eigenvalue weighted by atomic mass is 35.5. The Morgan fingerprint density at radius 1 is 1.25 bits per heavy atom. The van der Waals surface area contributed by atoms with Crippen LogP contribution in [0.3, 0.4) is 0 Å². The Labute approximate surface area is 150 Å². The lowest BCUT2D eigenvalue weighted by molar-refractivity contribution is -0.396. The van der Waals surface area contributed by atoms with E-state index in [0.29, 0.717) is 13.1 Å². The van der Waals surface area contributed by atoms with Crippen molar-refractivity contribution in [1.29, 1.82) is 0 Å². The molecule has 128 valence electrons. The van der Waals surface area contributed by atoms with E-state index in [0.717, 1.165) is 22.3 Å². The van der Waals surface area contributed by atoms with Gasteiger partial charge < -0.3 is 15.8 Å². The van der Waals surface area contributed by atoms with Crippen molar-refractivity contribution in [2.75, 3.05) is 6.54 Å². The molecule has 2 heterocycles. The summed E-state index contributed by atoms with van der Waals surface area (Å²) >= 11 is 5.78. The van der Waals surface area contributed by atoms with Crippen molar-refractivity contribution in [3.8, 4) is 0 Å². The van der Waals surface area contributed by atoms with Crippen LogP contribution in [0.25, 0.3) is 10.9 Å². The fourth-order valence-corrected chi connectivity index (χ4v) is 2.12. The number of aromatic nitrogens is 3. The maximum atomic E-state index is 10.3. The Kier molecular flexibility index (Phi) is 8.11. The molecule has 0 aliphatic carbocycles. The fraction of sp³-hybridized carbons (Fsp3) is 0.200. The number of nitrogens with two attached hydrogens (primary N) is 1. The lowest BCUT2D eigenvalue weighted by atomic mass is 10.2. The number of aryl methyl sites for hydroxylation is 1. The van der Waals surface area contributed by atoms with Crippen molar-refractivity contribution in [3.05, 3.63) is 64.1 Å². The van der Waals surface area contributed by atoms with E-state index in [2.05, 4.69) is 9.97 Å². The minimum absolute atomic E-state index is 0. The van der Waals surface area contributed by atoms with Crippen LogP contribution in [0.4, 0.5) is 5.95 Å². The van der Waals surface area contributed by atoms with Crippen LogP contribution in [-0.4, -0.2) is 26.0 Å². The first-order valence-electron chi connectivity index (χ1n) is 6.97. The van der Waals surface area contributed by atoms with E-state index >= 15 is 0 Å². The highest BCUT2D eigenvalue weighted by Crippen LogP contribution is 2.16. The van der Waals surface area contributed by atoms with Crippen LogP contribution in [-0.2, 0) is 6.54 Å². The number of halogens is 2. The lowest BCUT2D eigenvalue weighted by Crippen LogP contribution is -2.07. The number of nitrogens with zero attached hydrogens (tertiary/aromatic N) is 4. The summed E-state index contributed by atoms with van der Waals surface area (Å²) < 4.78 is 1.48. The van der Waals surface area contributed by atoms with Crippen LogP contribution >= 0.6 is 24.0 Å². The number of benzene rings is 1. The van der Waals surface area contributed by atoms with Gasteiger partial charge in [-0.2, -0.15) is 0 Å². The number of fused-ring (bicyclic) bond motifs is 1. The molecule has 0 saturated heterocycles. The van der Waals surface area contributed by atoms with Crippen LogP contribution in [0.1, 0.15) is 6.42 Å². The van der Waals surface area contributed by atoms with Crippen LogP contribution in [0.5, 0.6) is 0 Å². The van der Waals surface area contributed by atoms with Gasteiger partial charge >= 0.3 is 5.95 Å². The summed E-state index contributed by atoms with van der Waals surface area (Å²) in [6, 6.07) is 9.61. The Hall–Kier alpha value is -2.22. The normalized spacial score (nSPS) is 9.75. The average Bonchev–Trinajstić information content (AvgIpc) is 3.02. The van der Waals surface area contributed by atoms with Crippen molar-refractivity contribution in [3.63, 3.8) is 0 Å². The highest BCUT2D eigenvalue weighted by Gasteiger charge is 2.12. The second-order valence-electron chi connectivity index (χ2n) is 4.66. The zero-order valence-electron chi connectivity index (χ0n) is 12.7. The van der Waals surface area contributed by atoms with Gasteiger partial charge in [-0.25, -0.2) is 4.57 Å². The molecule has 24 heavy (non-hydrogen) atoms. The lowest BCUT2D eigenvalue weighted by Gasteiger charge is -1.98. The van der Waals surface area contributed by atoms with Gasteiger partial charge in [0.25, 0.3) is 0 Å². The van der Waals surface area contributed by atoms with E-state index in [1.54, 1.807) is 12.4 Å². The van der Waals surface area contributed by atoms with E-state index in [1.807, 2.05) is 30.3 Å². The second-order valence-corrected chi connectivity index (χ2v) is 5.10. The topological polar surface area (TPSA) is 99.9 Å². The summed E-state index contributed by atoms with van der Waals surface area (Å²) in [6.07, 6.45) is 5.47. The molecule has 0 radical (unpaired) electrons. The molecule has 0 atom stereocenters. The van der Waals surface area contributed by atoms with Gasteiger partial charge in [0.15, 0.2) is 0 Å². The maximum absolute atomic E-state index is 10.3. The first-order chi connectivity index (χ1) is 11.1. The molecule has 2 N–H and O–H groups in total. The SMILES string of the molecule is Cl.Clc1ccc2cccnc2c1.NCCCn1ccnc1[N+](=O)[O-]. The summed E-state index contributed by atoms with van der Waals surface area (Å²) in [5.74, 6) is -0.122. The first kappa shape index (κ1) is 19.8. The molecule has 0 bridgehead atoms. The molecule has 9 heteroatoms. The molecule has 7 nitrogen and oxygen atoms in total. The third-order valence-corrected chi connectivity index (χ3v) is 3.26. The molecule has 0 aliphatic heterocycles. The Morgan fingerprint density at radius 3 is 2.75 bits per heavy atom. The van der Waals surface area contributed by atoms with Gasteiger partial charge in [-0.1, -0.05) is 28.7 Å². The molecular formula is C15H17Cl2N5O2. The maximum Gasteiger partial charge on any atom is 0.434 e. The molecule has 0 amide bonds. The van der Waals surface area contributed by atoms with Crippen LogP contribution in [0, 0.1) is 10.1 Å². The van der Waals surface area contributed by atoms with Gasteiger partial charge in [-0.05, 0) is 36.1 Å². The summed E-state index contributed by atoms with van der Waals surface area (Å²) in [6.45, 7) is 1.07. The quantitative estimate of drug-likeness (QED) is 0.560. The number of nitro groups is 1. The van der Waals surface area contributed by atoms with Gasteiger partial charge in [0.1, 0.15) is 12.4 Å². The Morgan fingerprint density at radius 2 is 2.04 bits per heavy atom. The van der Waals surface area contributed by atoms with Crippen LogP contribution in [0.15, 0.2) is 48.9 Å². The van der Waals surface area contributed by atoms with Crippen LogP contribution in [0.2, 0.25) is 5.02 Å². The minimum atomic E-state index is -0.503. The molecular weight excluding hydrogens is 353 g/mol. The monoisotopic (exact) mass is 369 g/mol. The number of rotatable bonds is 4. The number of hydrogen-bond acceptors (Lipinski definition) is 5. The summed E-state index contributed by atoms with van der Waals surface area (Å²) in [7, 11) is 0. The summed E-state index contributed by atoms with van der Waals surface area (Å²) in [5.41, 5.74) is 6.21. The highest BCUT2D eigenvalue weighted by molar-refractivity contribution is 6.31. The van der Waals surface area contributed by atoms with Crippen molar-refractivity contribution in [1.82, 2.24) is 14.5 Å².